The highest BCUT2D eigenvalue weighted by Crippen LogP contribution is 2.40. The number of rotatable bonds is 11. The molecule has 38 heavy (non-hydrogen) atoms. The Bertz CT molecular complexity index is 1430. The summed E-state index contributed by atoms with van der Waals surface area (Å²) < 4.78 is 29.9. The van der Waals surface area contributed by atoms with E-state index in [0.717, 1.165) is 46.8 Å². The number of benzene rings is 1. The minimum atomic E-state index is -0.596. The van der Waals surface area contributed by atoms with E-state index in [1.165, 1.54) is 23.6 Å². The monoisotopic (exact) mass is 539 g/mol. The van der Waals surface area contributed by atoms with E-state index >= 15 is 0 Å². The van der Waals surface area contributed by atoms with Gasteiger partial charge in [-0.25, -0.2) is 19.3 Å². The van der Waals surface area contributed by atoms with Gasteiger partial charge in [-0.2, -0.15) is 4.39 Å². The zero-order valence-corrected chi connectivity index (χ0v) is 21.3. The summed E-state index contributed by atoms with van der Waals surface area (Å²) in [6.45, 7) is 3.43. The summed E-state index contributed by atoms with van der Waals surface area (Å²) in [5, 5.41) is 19.3. The van der Waals surface area contributed by atoms with Crippen LogP contribution < -0.4 is 16.0 Å². The molecule has 4 heterocycles. The van der Waals surface area contributed by atoms with E-state index in [9.17, 15) is 13.6 Å². The van der Waals surface area contributed by atoms with Crippen LogP contribution >= 0.6 is 11.3 Å². The van der Waals surface area contributed by atoms with Gasteiger partial charge in [0, 0.05) is 61.8 Å². The molecule has 1 unspecified atom stereocenters. The first-order chi connectivity index (χ1) is 18.6. The summed E-state index contributed by atoms with van der Waals surface area (Å²) in [4.78, 5) is 26.1. The number of anilines is 1. The maximum atomic E-state index is 14.9. The highest BCUT2D eigenvalue weighted by Gasteiger charge is 2.22. The second-order valence-electron chi connectivity index (χ2n) is 8.79. The van der Waals surface area contributed by atoms with Crippen molar-refractivity contribution in [3.8, 4) is 21.7 Å². The molecule has 9 nitrogen and oxygen atoms in total. The molecule has 4 N–H and O–H groups in total. The normalized spacial score (nSPS) is 15.8. The third kappa shape index (κ3) is 5.69. The number of carbonyl (C=O) groups excluding carboxylic acids is 1. The van der Waals surface area contributed by atoms with E-state index in [4.69, 9.17) is 5.11 Å². The van der Waals surface area contributed by atoms with Crippen LogP contribution in [0, 0.1) is 11.8 Å². The molecule has 198 valence electrons. The van der Waals surface area contributed by atoms with Crippen LogP contribution in [0.1, 0.15) is 5.56 Å². The number of hydrogen-bond donors (Lipinski definition) is 4. The fourth-order valence-corrected chi connectivity index (χ4v) is 5.67. The Morgan fingerprint density at radius 1 is 1.18 bits per heavy atom. The lowest BCUT2D eigenvalue weighted by molar-refractivity contribution is -0.112. The molecule has 3 aromatic heterocycles. The van der Waals surface area contributed by atoms with Crippen molar-refractivity contribution in [1.82, 2.24) is 30.5 Å². The third-order valence-corrected chi connectivity index (χ3v) is 7.52. The molecule has 1 saturated heterocycles. The summed E-state index contributed by atoms with van der Waals surface area (Å²) in [5.41, 5.74) is 2.44. The van der Waals surface area contributed by atoms with Crippen LogP contribution in [0.3, 0.4) is 0 Å². The van der Waals surface area contributed by atoms with E-state index in [-0.39, 0.29) is 18.5 Å². The van der Waals surface area contributed by atoms with Crippen LogP contribution in [0.4, 0.5) is 14.7 Å². The zero-order chi connectivity index (χ0) is 26.5. The maximum Gasteiger partial charge on any atom is 0.223 e. The van der Waals surface area contributed by atoms with Crippen molar-refractivity contribution in [3.05, 3.63) is 60.1 Å². The summed E-state index contributed by atoms with van der Waals surface area (Å²) in [6.07, 6.45) is 3.21. The molecule has 1 aliphatic heterocycles. The molecule has 1 aromatic carbocycles. The highest BCUT2D eigenvalue weighted by atomic mass is 32.1. The van der Waals surface area contributed by atoms with Gasteiger partial charge in [-0.05, 0) is 22.6 Å². The number of nitrogens with zero attached hydrogens (tertiary/aromatic N) is 4. The Balaban J connectivity index is 1.42. The Hall–Kier alpha value is -3.42. The Morgan fingerprint density at radius 3 is 2.92 bits per heavy atom. The second-order valence-corrected chi connectivity index (χ2v) is 9.84. The molecule has 0 radical (unpaired) electrons. The molecule has 0 saturated carbocycles. The first-order valence-electron chi connectivity index (χ1n) is 12.3. The summed E-state index contributed by atoms with van der Waals surface area (Å²) in [5.74, 6) is -0.846. The number of aldehydes is 1. The van der Waals surface area contributed by atoms with Crippen molar-refractivity contribution in [1.29, 1.82) is 0 Å². The standard InChI is InChI=1S/C26H27F2N7O2S/c27-20-14-33-26(31-5-8-35-7-4-30-23(35)15-37)34-24(20)21-10-16-2-1-3-18(25(16)38-21)19-11-22(28)32-13-17(19)12-29-6-9-36/h1-3,10-11,13-15,23,29-30,36H,4-9,12H2,(H,31,33,34). The van der Waals surface area contributed by atoms with Gasteiger partial charge in [-0.1, -0.05) is 18.2 Å². The quantitative estimate of drug-likeness (QED) is 0.130. The molecule has 0 aliphatic carbocycles. The lowest BCUT2D eigenvalue weighted by Gasteiger charge is -2.19. The van der Waals surface area contributed by atoms with E-state index in [0.29, 0.717) is 42.6 Å². The Kier molecular flexibility index (Phi) is 8.25. The van der Waals surface area contributed by atoms with Gasteiger partial charge in [0.1, 0.15) is 11.9 Å². The molecule has 0 spiro atoms. The van der Waals surface area contributed by atoms with Gasteiger partial charge >= 0.3 is 0 Å². The van der Waals surface area contributed by atoms with Gasteiger partial charge in [-0.15, -0.1) is 11.3 Å². The van der Waals surface area contributed by atoms with Crippen LogP contribution in [0.5, 0.6) is 0 Å². The SMILES string of the molecule is O=CC1NCCN1CCNc1ncc(F)c(-c2cc3cccc(-c4cc(F)ncc4CNCCO)c3s2)n1. The van der Waals surface area contributed by atoms with Crippen molar-refractivity contribution < 1.29 is 18.7 Å². The van der Waals surface area contributed by atoms with E-state index in [2.05, 4.69) is 30.9 Å². The van der Waals surface area contributed by atoms with E-state index < -0.39 is 11.8 Å². The zero-order valence-electron chi connectivity index (χ0n) is 20.5. The number of aliphatic hydroxyl groups excluding tert-OH is 1. The second kappa shape index (κ2) is 12.0. The average molecular weight is 540 g/mol. The van der Waals surface area contributed by atoms with Crippen LogP contribution in [0.25, 0.3) is 31.8 Å². The number of thiophene rings is 1. The fraction of sp³-hybridized carbons (Fsp3) is 0.308. The van der Waals surface area contributed by atoms with Crippen molar-refractivity contribution in [2.24, 2.45) is 0 Å². The van der Waals surface area contributed by atoms with Crippen LogP contribution in [0.2, 0.25) is 0 Å². The van der Waals surface area contributed by atoms with Gasteiger partial charge in [0.15, 0.2) is 12.1 Å². The average Bonchev–Trinajstić information content (AvgIpc) is 3.57. The summed E-state index contributed by atoms with van der Waals surface area (Å²) in [6, 6.07) is 8.95. The van der Waals surface area contributed by atoms with Gasteiger partial charge in [0.2, 0.25) is 11.9 Å². The van der Waals surface area contributed by atoms with Gasteiger partial charge in [-0.3, -0.25) is 10.2 Å². The highest BCUT2D eigenvalue weighted by molar-refractivity contribution is 7.22. The number of hydrogen-bond acceptors (Lipinski definition) is 10. The van der Waals surface area contributed by atoms with Gasteiger partial charge in [0.25, 0.3) is 0 Å². The number of nitrogens with one attached hydrogen (secondary N) is 3. The molecule has 12 heteroatoms. The van der Waals surface area contributed by atoms with E-state index in [1.807, 2.05) is 29.2 Å². The van der Waals surface area contributed by atoms with Crippen molar-refractivity contribution in [2.75, 3.05) is 44.6 Å². The van der Waals surface area contributed by atoms with Crippen LogP contribution in [0.15, 0.2) is 42.7 Å². The van der Waals surface area contributed by atoms with Crippen molar-refractivity contribution >= 4 is 33.7 Å². The topological polar surface area (TPSA) is 115 Å². The molecular formula is C26H27F2N7O2S. The maximum absolute atomic E-state index is 14.9. The molecular weight excluding hydrogens is 512 g/mol. The third-order valence-electron chi connectivity index (χ3n) is 6.33. The Labute approximate surface area is 222 Å². The summed E-state index contributed by atoms with van der Waals surface area (Å²) in [7, 11) is 0. The van der Waals surface area contributed by atoms with Gasteiger partial charge in [0.05, 0.1) is 17.7 Å². The minimum Gasteiger partial charge on any atom is -0.395 e. The summed E-state index contributed by atoms with van der Waals surface area (Å²) >= 11 is 1.37. The molecule has 5 rings (SSSR count). The number of aliphatic hydroxyl groups is 1. The Morgan fingerprint density at radius 2 is 2.08 bits per heavy atom. The predicted octanol–water partition coefficient (Wildman–Crippen LogP) is 2.62. The molecule has 0 bridgehead atoms. The first kappa shape index (κ1) is 26.2. The van der Waals surface area contributed by atoms with Crippen LogP contribution in [-0.4, -0.2) is 76.7 Å². The van der Waals surface area contributed by atoms with Crippen molar-refractivity contribution in [3.63, 3.8) is 0 Å². The lowest BCUT2D eigenvalue weighted by Crippen LogP contribution is -2.39. The number of pyridine rings is 1. The van der Waals surface area contributed by atoms with Gasteiger partial charge < -0.3 is 20.5 Å². The minimum absolute atomic E-state index is 0.0100. The molecule has 0 amide bonds. The number of aromatic nitrogens is 3. The fourth-order valence-electron chi connectivity index (χ4n) is 4.49. The predicted molar refractivity (Wildman–Crippen MR) is 143 cm³/mol. The van der Waals surface area contributed by atoms with Crippen molar-refractivity contribution in [2.45, 2.75) is 12.7 Å². The number of fused-ring (bicyclic) bond motifs is 1. The smallest absolute Gasteiger partial charge is 0.223 e. The lowest BCUT2D eigenvalue weighted by atomic mass is 10.0. The molecule has 4 aromatic rings. The molecule has 1 aliphatic rings. The number of halogens is 2. The van der Waals surface area contributed by atoms with E-state index in [1.54, 1.807) is 0 Å². The van der Waals surface area contributed by atoms with Crippen LogP contribution in [-0.2, 0) is 11.3 Å². The number of carbonyl (C=O) groups is 1. The molecule has 1 atom stereocenters. The largest absolute Gasteiger partial charge is 0.395 e. The first-order valence-corrected chi connectivity index (χ1v) is 13.1. The molecule has 1 fully saturated rings.